The number of fused-ring (bicyclic) bond motifs is 1. The number of carbonyl (C=O) groups is 1. The van der Waals surface area contributed by atoms with Crippen LogP contribution in [0.5, 0.6) is 0 Å². The van der Waals surface area contributed by atoms with Crippen molar-refractivity contribution in [3.63, 3.8) is 0 Å². The first-order chi connectivity index (χ1) is 11.6. The Morgan fingerprint density at radius 3 is 2.71 bits per heavy atom. The van der Waals surface area contributed by atoms with Gasteiger partial charge in [-0.05, 0) is 41.7 Å². The fourth-order valence-corrected chi connectivity index (χ4v) is 2.98. The molecule has 0 unspecified atom stereocenters. The zero-order valence-electron chi connectivity index (χ0n) is 14.2. The molecule has 124 valence electrons. The van der Waals surface area contributed by atoms with E-state index in [-0.39, 0.29) is 11.9 Å². The molecule has 1 atom stereocenters. The minimum Gasteiger partial charge on any atom is -0.353 e. The Balaban J connectivity index is 1.52. The van der Waals surface area contributed by atoms with E-state index in [0.717, 1.165) is 18.4 Å². The monoisotopic (exact) mass is 321 g/mol. The normalized spacial score (nSPS) is 12.2. The zero-order valence-corrected chi connectivity index (χ0v) is 14.2. The van der Waals surface area contributed by atoms with Crippen LogP contribution in [0.3, 0.4) is 0 Å². The number of amides is 1. The van der Waals surface area contributed by atoms with Gasteiger partial charge in [-0.3, -0.25) is 9.48 Å². The molecule has 1 amide bonds. The molecule has 0 aliphatic carbocycles. The molecule has 0 saturated heterocycles. The highest BCUT2D eigenvalue weighted by molar-refractivity contribution is 5.83. The van der Waals surface area contributed by atoms with E-state index in [4.69, 9.17) is 0 Å². The molecular formula is C20H23N3O. The maximum absolute atomic E-state index is 12.1. The van der Waals surface area contributed by atoms with Crippen molar-refractivity contribution in [2.24, 2.45) is 7.05 Å². The van der Waals surface area contributed by atoms with E-state index >= 15 is 0 Å². The van der Waals surface area contributed by atoms with Gasteiger partial charge in [-0.2, -0.15) is 5.10 Å². The second-order valence-corrected chi connectivity index (χ2v) is 6.38. The highest BCUT2D eigenvalue weighted by atomic mass is 16.1. The lowest BCUT2D eigenvalue weighted by molar-refractivity contribution is -0.121. The van der Waals surface area contributed by atoms with Gasteiger partial charge in [0.15, 0.2) is 0 Å². The van der Waals surface area contributed by atoms with E-state index in [9.17, 15) is 4.79 Å². The molecule has 0 aliphatic heterocycles. The summed E-state index contributed by atoms with van der Waals surface area (Å²) in [6, 6.07) is 14.9. The molecule has 0 aliphatic rings. The molecule has 0 saturated carbocycles. The van der Waals surface area contributed by atoms with E-state index in [1.807, 2.05) is 25.5 Å². The zero-order chi connectivity index (χ0) is 16.9. The maximum atomic E-state index is 12.1. The summed E-state index contributed by atoms with van der Waals surface area (Å²) in [6.45, 7) is 2.05. The molecule has 24 heavy (non-hydrogen) atoms. The Morgan fingerprint density at radius 1 is 1.17 bits per heavy atom. The molecule has 1 aromatic heterocycles. The number of aromatic nitrogens is 2. The first kappa shape index (κ1) is 16.2. The molecule has 3 aromatic rings. The Labute approximate surface area is 142 Å². The lowest BCUT2D eigenvalue weighted by atomic mass is 10.0. The van der Waals surface area contributed by atoms with Crippen molar-refractivity contribution in [1.29, 1.82) is 0 Å². The van der Waals surface area contributed by atoms with Crippen LogP contribution >= 0.6 is 0 Å². The van der Waals surface area contributed by atoms with Crippen LogP contribution in [0.25, 0.3) is 10.8 Å². The van der Waals surface area contributed by atoms with Crippen molar-refractivity contribution in [1.82, 2.24) is 15.1 Å². The van der Waals surface area contributed by atoms with E-state index in [0.29, 0.717) is 6.42 Å². The van der Waals surface area contributed by atoms with Gasteiger partial charge < -0.3 is 5.32 Å². The summed E-state index contributed by atoms with van der Waals surface area (Å²) < 4.78 is 1.76. The van der Waals surface area contributed by atoms with Crippen LogP contribution in [0, 0.1) is 0 Å². The van der Waals surface area contributed by atoms with E-state index in [1.54, 1.807) is 4.68 Å². The lowest BCUT2D eigenvalue weighted by Crippen LogP contribution is -2.34. The molecule has 0 bridgehead atoms. The van der Waals surface area contributed by atoms with Crippen LogP contribution in [-0.4, -0.2) is 21.7 Å². The average Bonchev–Trinajstić information content (AvgIpc) is 2.98. The molecule has 4 heteroatoms. The number of benzene rings is 2. The Hall–Kier alpha value is -2.62. The second kappa shape index (κ2) is 7.30. The van der Waals surface area contributed by atoms with Gasteiger partial charge in [-0.15, -0.1) is 0 Å². The molecule has 2 aromatic carbocycles. The minimum absolute atomic E-state index is 0.0899. The van der Waals surface area contributed by atoms with Gasteiger partial charge in [0.2, 0.25) is 5.91 Å². The van der Waals surface area contributed by atoms with Crippen LogP contribution in [0.15, 0.2) is 54.9 Å². The highest BCUT2D eigenvalue weighted by Gasteiger charge is 2.09. The van der Waals surface area contributed by atoms with E-state index in [1.165, 1.54) is 16.3 Å². The van der Waals surface area contributed by atoms with Gasteiger partial charge in [0, 0.05) is 25.7 Å². The molecule has 0 spiro atoms. The topological polar surface area (TPSA) is 46.9 Å². The number of carbonyl (C=O) groups excluding carboxylic acids is 1. The van der Waals surface area contributed by atoms with Crippen LogP contribution < -0.4 is 5.32 Å². The van der Waals surface area contributed by atoms with Crippen molar-refractivity contribution in [3.05, 3.63) is 66.0 Å². The quantitative estimate of drug-likeness (QED) is 0.757. The van der Waals surface area contributed by atoms with Gasteiger partial charge in [-0.25, -0.2) is 0 Å². The Kier molecular flexibility index (Phi) is 4.94. The predicted molar refractivity (Wildman–Crippen MR) is 96.8 cm³/mol. The number of hydrogen-bond donors (Lipinski definition) is 1. The van der Waals surface area contributed by atoms with Crippen LogP contribution in [-0.2, 0) is 24.7 Å². The summed E-state index contributed by atoms with van der Waals surface area (Å²) in [4.78, 5) is 12.1. The summed E-state index contributed by atoms with van der Waals surface area (Å²) in [5.41, 5.74) is 2.34. The third-order valence-corrected chi connectivity index (χ3v) is 4.16. The van der Waals surface area contributed by atoms with Crippen molar-refractivity contribution in [2.75, 3.05) is 0 Å². The number of hydrogen-bond acceptors (Lipinski definition) is 2. The second-order valence-electron chi connectivity index (χ2n) is 6.38. The molecule has 0 radical (unpaired) electrons. The molecule has 0 fully saturated rings. The van der Waals surface area contributed by atoms with Crippen LogP contribution in [0.1, 0.15) is 24.5 Å². The average molecular weight is 321 g/mol. The summed E-state index contributed by atoms with van der Waals surface area (Å²) >= 11 is 0. The van der Waals surface area contributed by atoms with Gasteiger partial charge >= 0.3 is 0 Å². The van der Waals surface area contributed by atoms with Gasteiger partial charge in [0.1, 0.15) is 0 Å². The third-order valence-electron chi connectivity index (χ3n) is 4.16. The molecule has 1 heterocycles. The van der Waals surface area contributed by atoms with Crippen molar-refractivity contribution in [2.45, 2.75) is 32.2 Å². The SMILES string of the molecule is C[C@H](Cc1ccc2ccccc2c1)NC(=O)CCc1cnn(C)c1. The molecular weight excluding hydrogens is 298 g/mol. The Bertz CT molecular complexity index is 838. The predicted octanol–water partition coefficient (Wildman–Crippen LogP) is 3.25. The number of aryl methyl sites for hydroxylation is 2. The third kappa shape index (κ3) is 4.22. The largest absolute Gasteiger partial charge is 0.353 e. The molecule has 1 N–H and O–H groups in total. The molecule has 4 nitrogen and oxygen atoms in total. The molecule has 3 rings (SSSR count). The Morgan fingerprint density at radius 2 is 1.96 bits per heavy atom. The number of nitrogens with zero attached hydrogens (tertiary/aromatic N) is 2. The summed E-state index contributed by atoms with van der Waals surface area (Å²) in [5.74, 6) is 0.0899. The highest BCUT2D eigenvalue weighted by Crippen LogP contribution is 2.16. The maximum Gasteiger partial charge on any atom is 0.220 e. The summed E-state index contributed by atoms with van der Waals surface area (Å²) in [6.07, 6.45) is 5.82. The minimum atomic E-state index is 0.0899. The smallest absolute Gasteiger partial charge is 0.220 e. The van der Waals surface area contributed by atoms with Crippen LogP contribution in [0.2, 0.25) is 0 Å². The standard InChI is InChI=1S/C20H23N3O/c1-15(22-20(24)10-8-17-13-21-23(2)14-17)11-16-7-9-18-5-3-4-6-19(18)12-16/h3-7,9,12-15H,8,10-11H2,1-2H3,(H,22,24)/t15-/m1/s1. The fourth-order valence-electron chi connectivity index (χ4n) is 2.98. The van der Waals surface area contributed by atoms with Crippen LogP contribution in [0.4, 0.5) is 0 Å². The van der Waals surface area contributed by atoms with Gasteiger partial charge in [0.25, 0.3) is 0 Å². The first-order valence-electron chi connectivity index (χ1n) is 8.35. The van der Waals surface area contributed by atoms with E-state index < -0.39 is 0 Å². The summed E-state index contributed by atoms with van der Waals surface area (Å²) in [7, 11) is 1.88. The van der Waals surface area contributed by atoms with E-state index in [2.05, 4.69) is 53.7 Å². The van der Waals surface area contributed by atoms with Crippen molar-refractivity contribution >= 4 is 16.7 Å². The van der Waals surface area contributed by atoms with Gasteiger partial charge in [-0.1, -0.05) is 42.5 Å². The number of nitrogens with one attached hydrogen (secondary N) is 1. The lowest BCUT2D eigenvalue weighted by Gasteiger charge is -2.14. The number of rotatable bonds is 6. The first-order valence-corrected chi connectivity index (χ1v) is 8.35. The fraction of sp³-hybridized carbons (Fsp3) is 0.300. The van der Waals surface area contributed by atoms with Crippen molar-refractivity contribution in [3.8, 4) is 0 Å². The van der Waals surface area contributed by atoms with Crippen molar-refractivity contribution < 1.29 is 4.79 Å². The summed E-state index contributed by atoms with van der Waals surface area (Å²) in [5, 5.41) is 9.69. The van der Waals surface area contributed by atoms with Gasteiger partial charge in [0.05, 0.1) is 6.20 Å².